The van der Waals surface area contributed by atoms with Gasteiger partial charge in [0.05, 0.1) is 14.2 Å². The second kappa shape index (κ2) is 7.06. The van der Waals surface area contributed by atoms with E-state index >= 15 is 0 Å². The van der Waals surface area contributed by atoms with Gasteiger partial charge in [0.15, 0.2) is 12.1 Å². The van der Waals surface area contributed by atoms with Crippen molar-refractivity contribution in [3.63, 3.8) is 0 Å². The molecule has 3 heterocycles. The van der Waals surface area contributed by atoms with Crippen LogP contribution in [-0.4, -0.2) is 68.2 Å². The van der Waals surface area contributed by atoms with Gasteiger partial charge in [-0.25, -0.2) is 24.6 Å². The van der Waals surface area contributed by atoms with Crippen molar-refractivity contribution in [1.29, 1.82) is 0 Å². The van der Waals surface area contributed by atoms with E-state index in [-0.39, 0.29) is 25.0 Å². The Morgan fingerprint density at radius 2 is 1.44 bits per heavy atom. The quantitative estimate of drug-likeness (QED) is 0.707. The van der Waals surface area contributed by atoms with E-state index in [0.29, 0.717) is 16.4 Å². The molecule has 0 saturated carbocycles. The molecule has 0 saturated heterocycles. The molecule has 2 aliphatic heterocycles. The lowest BCUT2D eigenvalue weighted by atomic mass is 10.3. The average molecular weight is 368 g/mol. The third-order valence-electron chi connectivity index (χ3n) is 3.48. The third-order valence-corrected chi connectivity index (χ3v) is 3.70. The summed E-state index contributed by atoms with van der Waals surface area (Å²) >= 11 is 6.11. The molecule has 0 radical (unpaired) electrons. The number of halogens is 1. The fourth-order valence-electron chi connectivity index (χ4n) is 2.26. The minimum atomic E-state index is -0.743. The molecule has 132 valence electrons. The third kappa shape index (κ3) is 3.55. The van der Waals surface area contributed by atoms with Crippen LogP contribution in [-0.2, 0) is 28.5 Å². The summed E-state index contributed by atoms with van der Waals surface area (Å²) in [6, 6.07) is 1.59. The number of hydrogen-bond acceptors (Lipinski definition) is 9. The first-order valence-corrected chi connectivity index (χ1v) is 7.64. The summed E-state index contributed by atoms with van der Waals surface area (Å²) in [4.78, 5) is 35.7. The molecular weight excluding hydrogens is 354 g/mol. The molecule has 1 aromatic rings. The molecule has 10 heteroatoms. The Hall–Kier alpha value is -2.68. The predicted molar refractivity (Wildman–Crippen MR) is 85.8 cm³/mol. The van der Waals surface area contributed by atoms with E-state index in [9.17, 15) is 9.59 Å². The summed E-state index contributed by atoms with van der Waals surface area (Å²) in [6.07, 6.45) is 0. The molecule has 0 bridgehead atoms. The van der Waals surface area contributed by atoms with E-state index in [2.05, 4.69) is 24.4 Å². The van der Waals surface area contributed by atoms with Crippen LogP contribution >= 0.6 is 11.6 Å². The van der Waals surface area contributed by atoms with Gasteiger partial charge in [-0.2, -0.15) is 0 Å². The number of ether oxygens (including phenoxy) is 4. The fourth-order valence-corrected chi connectivity index (χ4v) is 2.46. The number of rotatable bonds is 4. The smallest absolute Gasteiger partial charge is 0.334 e. The van der Waals surface area contributed by atoms with Crippen molar-refractivity contribution in [3.05, 3.63) is 28.5 Å². The highest BCUT2D eigenvalue weighted by molar-refractivity contribution is 6.31. The second-order valence-corrected chi connectivity index (χ2v) is 5.56. The van der Waals surface area contributed by atoms with Crippen molar-refractivity contribution >= 4 is 35.3 Å². The van der Waals surface area contributed by atoms with Crippen LogP contribution in [0.25, 0.3) is 0 Å². The Morgan fingerprint density at radius 1 is 1.00 bits per heavy atom. The number of hydrogen-bond donors (Lipinski definition) is 0. The first kappa shape index (κ1) is 17.2. The highest BCUT2D eigenvalue weighted by Crippen LogP contribution is 2.20. The van der Waals surface area contributed by atoms with Gasteiger partial charge in [-0.3, -0.25) is 0 Å². The average Bonchev–Trinajstić information content (AvgIpc) is 3.29. The predicted octanol–water partition coefficient (Wildman–Crippen LogP) is 0.372. The number of carbonyl (C=O) groups excluding carboxylic acids is 2. The van der Waals surface area contributed by atoms with Gasteiger partial charge in [0.25, 0.3) is 0 Å². The molecule has 0 aromatic carbocycles. The van der Waals surface area contributed by atoms with Gasteiger partial charge in [-0.05, 0) is 12.1 Å². The Morgan fingerprint density at radius 3 is 1.84 bits per heavy atom. The number of aromatic nitrogens is 1. The van der Waals surface area contributed by atoms with Gasteiger partial charge in [0.1, 0.15) is 24.6 Å². The van der Waals surface area contributed by atoms with Crippen LogP contribution in [0, 0.1) is 0 Å². The molecule has 3 rings (SSSR count). The number of pyridine rings is 1. The minimum absolute atomic E-state index is 0.0629. The maximum Gasteiger partial charge on any atom is 0.334 e. The van der Waals surface area contributed by atoms with Gasteiger partial charge in [-0.1, -0.05) is 11.6 Å². The van der Waals surface area contributed by atoms with Crippen molar-refractivity contribution in [1.82, 2.24) is 4.98 Å². The highest BCUT2D eigenvalue weighted by atomic mass is 35.5. The van der Waals surface area contributed by atoms with Gasteiger partial charge in [0.2, 0.25) is 11.8 Å². The maximum absolute atomic E-state index is 11.5. The molecule has 2 atom stereocenters. The van der Waals surface area contributed by atoms with Gasteiger partial charge < -0.3 is 18.9 Å². The molecule has 25 heavy (non-hydrogen) atoms. The van der Waals surface area contributed by atoms with Crippen LogP contribution < -0.4 is 0 Å². The van der Waals surface area contributed by atoms with E-state index < -0.39 is 24.0 Å². The number of aliphatic imine (C=N–C) groups is 2. The molecule has 1 aromatic heterocycles. The number of nitrogens with zero attached hydrogens (tertiary/aromatic N) is 3. The molecule has 0 spiro atoms. The zero-order chi connectivity index (χ0) is 18.0. The van der Waals surface area contributed by atoms with E-state index in [0.717, 1.165) is 0 Å². The summed E-state index contributed by atoms with van der Waals surface area (Å²) < 4.78 is 20.1. The normalized spacial score (nSPS) is 21.7. The van der Waals surface area contributed by atoms with Crippen molar-refractivity contribution < 1.29 is 28.5 Å². The Bertz CT molecular complexity index is 718. The van der Waals surface area contributed by atoms with Gasteiger partial charge >= 0.3 is 11.9 Å². The Labute approximate surface area is 147 Å². The molecule has 0 amide bonds. The first-order chi connectivity index (χ1) is 12.0. The van der Waals surface area contributed by atoms with Crippen LogP contribution in [0.2, 0.25) is 5.02 Å². The standard InChI is InChI=1S/C15H14ClN3O6/c1-22-14(20)10-5-24-12(18-10)8-3-7(16)4-9(17-8)13-19-11(6-25-13)15(21)23-2/h3-4,10-11H,5-6H2,1-2H3/t10-,11-/m0/s1. The van der Waals surface area contributed by atoms with E-state index in [1.807, 2.05) is 0 Å². The van der Waals surface area contributed by atoms with Crippen LogP contribution in [0.5, 0.6) is 0 Å². The summed E-state index contributed by atoms with van der Waals surface area (Å²) in [6.45, 7) is 0.126. The fraction of sp³-hybridized carbons (Fsp3) is 0.400. The minimum Gasteiger partial charge on any atom is -0.473 e. The Kier molecular flexibility index (Phi) is 4.84. The summed E-state index contributed by atoms with van der Waals surface area (Å²) in [7, 11) is 2.55. The summed E-state index contributed by atoms with van der Waals surface area (Å²) in [5, 5.41) is 0.348. The molecule has 0 aliphatic carbocycles. The zero-order valence-corrected chi connectivity index (χ0v) is 14.1. The van der Waals surface area contributed by atoms with Crippen molar-refractivity contribution in [2.24, 2.45) is 9.98 Å². The van der Waals surface area contributed by atoms with E-state index in [1.165, 1.54) is 26.4 Å². The van der Waals surface area contributed by atoms with E-state index in [4.69, 9.17) is 21.1 Å². The summed E-state index contributed by atoms with van der Waals surface area (Å²) in [5.74, 6) is -0.659. The number of carbonyl (C=O) groups is 2. The zero-order valence-electron chi connectivity index (χ0n) is 13.4. The molecule has 0 N–H and O–H groups in total. The molecule has 0 fully saturated rings. The van der Waals surface area contributed by atoms with Crippen molar-refractivity contribution in [3.8, 4) is 0 Å². The van der Waals surface area contributed by atoms with Crippen molar-refractivity contribution in [2.45, 2.75) is 12.1 Å². The van der Waals surface area contributed by atoms with Gasteiger partial charge in [-0.15, -0.1) is 0 Å². The van der Waals surface area contributed by atoms with Crippen LogP contribution in [0.4, 0.5) is 0 Å². The second-order valence-electron chi connectivity index (χ2n) is 5.12. The topological polar surface area (TPSA) is 109 Å². The highest BCUT2D eigenvalue weighted by Gasteiger charge is 2.30. The molecule has 0 unspecified atom stereocenters. The lowest BCUT2D eigenvalue weighted by Crippen LogP contribution is -2.21. The molecule has 9 nitrogen and oxygen atoms in total. The maximum atomic E-state index is 11.5. The largest absolute Gasteiger partial charge is 0.473 e. The first-order valence-electron chi connectivity index (χ1n) is 7.27. The lowest BCUT2D eigenvalue weighted by Gasteiger charge is -2.05. The lowest BCUT2D eigenvalue weighted by molar-refractivity contribution is -0.143. The SMILES string of the molecule is COC(=O)[C@@H]1COC(c2cc(Cl)cc(C3=N[C@H](C(=O)OC)CO3)n2)=N1. The van der Waals surface area contributed by atoms with Crippen LogP contribution in [0.1, 0.15) is 11.4 Å². The number of methoxy groups -OCH3 is 2. The monoisotopic (exact) mass is 367 g/mol. The number of esters is 2. The molecule has 2 aliphatic rings. The van der Waals surface area contributed by atoms with Crippen LogP contribution in [0.15, 0.2) is 22.1 Å². The summed E-state index contributed by atoms with van der Waals surface area (Å²) in [5.41, 5.74) is 0.642. The Balaban J connectivity index is 1.87. The van der Waals surface area contributed by atoms with Crippen LogP contribution in [0.3, 0.4) is 0 Å². The van der Waals surface area contributed by atoms with Gasteiger partial charge in [0, 0.05) is 5.02 Å². The molecular formula is C15H14ClN3O6. The van der Waals surface area contributed by atoms with E-state index in [1.54, 1.807) is 0 Å². The van der Waals surface area contributed by atoms with Crippen molar-refractivity contribution in [2.75, 3.05) is 27.4 Å².